The number of carbonyl (C=O) groups is 1. The molecular weight excluding hydrogens is 246 g/mol. The maximum atomic E-state index is 11.8. The third kappa shape index (κ3) is 6.22. The molecule has 0 bridgehead atoms. The summed E-state index contributed by atoms with van der Waals surface area (Å²) in [7, 11) is 1.57. The van der Waals surface area contributed by atoms with Crippen LogP contribution in [-0.2, 0) is 9.57 Å². The second-order valence-corrected chi connectivity index (χ2v) is 4.51. The van der Waals surface area contributed by atoms with Crippen LogP contribution in [0.15, 0.2) is 24.3 Å². The highest BCUT2D eigenvalue weighted by molar-refractivity contribution is 5.93. The molecule has 0 atom stereocenters. The van der Waals surface area contributed by atoms with E-state index in [-0.39, 0.29) is 5.91 Å². The smallest absolute Gasteiger partial charge is 0.274 e. The van der Waals surface area contributed by atoms with Gasteiger partial charge in [0.2, 0.25) is 0 Å². The largest absolute Gasteiger partial charge is 0.493 e. The van der Waals surface area contributed by atoms with Gasteiger partial charge < -0.3 is 9.47 Å². The van der Waals surface area contributed by atoms with Gasteiger partial charge in [-0.3, -0.25) is 9.63 Å². The minimum absolute atomic E-state index is 0.300. The molecule has 5 nitrogen and oxygen atoms in total. The number of nitrogens with one attached hydrogen (secondary N) is 1. The first-order valence-electron chi connectivity index (χ1n) is 6.27. The van der Waals surface area contributed by atoms with Gasteiger partial charge in [-0.25, -0.2) is 5.48 Å². The van der Waals surface area contributed by atoms with Crippen molar-refractivity contribution in [1.29, 1.82) is 0 Å². The Labute approximate surface area is 113 Å². The van der Waals surface area contributed by atoms with E-state index in [1.54, 1.807) is 25.3 Å². The van der Waals surface area contributed by atoms with E-state index < -0.39 is 0 Å². The number of hydroxylamine groups is 1. The minimum atomic E-state index is -0.300. The molecule has 0 heterocycles. The van der Waals surface area contributed by atoms with Crippen LogP contribution in [-0.4, -0.2) is 32.8 Å². The minimum Gasteiger partial charge on any atom is -0.493 e. The summed E-state index contributed by atoms with van der Waals surface area (Å²) in [6.07, 6.45) is 0. The van der Waals surface area contributed by atoms with Crippen molar-refractivity contribution < 1.29 is 19.1 Å². The number of ether oxygens (including phenoxy) is 2. The lowest BCUT2D eigenvalue weighted by molar-refractivity contribution is 0.00887. The molecule has 5 heteroatoms. The molecule has 0 saturated carbocycles. The Morgan fingerprint density at radius 3 is 2.79 bits per heavy atom. The lowest BCUT2D eigenvalue weighted by Gasteiger charge is -2.10. The summed E-state index contributed by atoms with van der Waals surface area (Å²) in [5.74, 6) is 0.819. The van der Waals surface area contributed by atoms with Crippen LogP contribution in [0.3, 0.4) is 0 Å². The average molecular weight is 267 g/mol. The molecule has 0 aliphatic rings. The first kappa shape index (κ1) is 15.5. The van der Waals surface area contributed by atoms with Gasteiger partial charge in [-0.1, -0.05) is 19.9 Å². The summed E-state index contributed by atoms with van der Waals surface area (Å²) in [4.78, 5) is 16.7. The summed E-state index contributed by atoms with van der Waals surface area (Å²) < 4.78 is 10.4. The van der Waals surface area contributed by atoms with Crippen molar-refractivity contribution in [3.8, 4) is 5.75 Å². The molecule has 1 aromatic carbocycles. The molecular formula is C14H21NO4. The van der Waals surface area contributed by atoms with Crippen molar-refractivity contribution in [2.45, 2.75) is 13.8 Å². The van der Waals surface area contributed by atoms with Gasteiger partial charge in [0.25, 0.3) is 5.91 Å². The van der Waals surface area contributed by atoms with E-state index in [2.05, 4.69) is 19.3 Å². The molecule has 0 aliphatic carbocycles. The maximum absolute atomic E-state index is 11.8. The number of carbonyl (C=O) groups excluding carboxylic acids is 1. The molecule has 0 aliphatic heterocycles. The van der Waals surface area contributed by atoms with Gasteiger partial charge in [-0.05, 0) is 24.1 Å². The average Bonchev–Trinajstić information content (AvgIpc) is 2.41. The molecule has 19 heavy (non-hydrogen) atoms. The molecule has 106 valence electrons. The number of hydrogen-bond acceptors (Lipinski definition) is 4. The number of amides is 1. The van der Waals surface area contributed by atoms with E-state index in [0.717, 1.165) is 0 Å². The monoisotopic (exact) mass is 267 g/mol. The predicted molar refractivity (Wildman–Crippen MR) is 72.1 cm³/mol. The van der Waals surface area contributed by atoms with Crippen LogP contribution >= 0.6 is 0 Å². The molecule has 1 N–H and O–H groups in total. The van der Waals surface area contributed by atoms with E-state index in [9.17, 15) is 4.79 Å². The fourth-order valence-corrected chi connectivity index (χ4v) is 1.29. The number of hydrogen-bond donors (Lipinski definition) is 1. The van der Waals surface area contributed by atoms with E-state index in [0.29, 0.717) is 37.1 Å². The highest BCUT2D eigenvalue weighted by atomic mass is 16.7. The zero-order chi connectivity index (χ0) is 14.1. The molecule has 1 rings (SSSR count). The highest BCUT2D eigenvalue weighted by Gasteiger charge is 2.07. The zero-order valence-electron chi connectivity index (χ0n) is 11.6. The van der Waals surface area contributed by atoms with Crippen LogP contribution in [0.4, 0.5) is 0 Å². The second-order valence-electron chi connectivity index (χ2n) is 4.51. The summed E-state index contributed by atoms with van der Waals surface area (Å²) in [6.45, 7) is 5.50. The Morgan fingerprint density at radius 1 is 1.32 bits per heavy atom. The first-order chi connectivity index (χ1) is 9.13. The van der Waals surface area contributed by atoms with E-state index in [1.165, 1.54) is 0 Å². The summed E-state index contributed by atoms with van der Waals surface area (Å²) in [6, 6.07) is 7.00. The molecule has 0 spiro atoms. The van der Waals surface area contributed by atoms with E-state index in [4.69, 9.17) is 14.3 Å². The van der Waals surface area contributed by atoms with Gasteiger partial charge in [-0.15, -0.1) is 0 Å². The molecule has 1 amide bonds. The van der Waals surface area contributed by atoms with Gasteiger partial charge in [-0.2, -0.15) is 0 Å². The Kier molecular flexibility index (Phi) is 6.92. The van der Waals surface area contributed by atoms with E-state index >= 15 is 0 Å². The van der Waals surface area contributed by atoms with Crippen LogP contribution < -0.4 is 10.2 Å². The molecule has 0 radical (unpaired) electrons. The Balaban J connectivity index is 2.48. The van der Waals surface area contributed by atoms with Crippen molar-refractivity contribution in [3.63, 3.8) is 0 Å². The van der Waals surface area contributed by atoms with Gasteiger partial charge in [0.15, 0.2) is 0 Å². The summed E-state index contributed by atoms with van der Waals surface area (Å²) in [5, 5.41) is 0. The molecule has 0 unspecified atom stereocenters. The second kappa shape index (κ2) is 8.50. The molecule has 0 aromatic heterocycles. The van der Waals surface area contributed by atoms with E-state index in [1.807, 2.05) is 6.07 Å². The van der Waals surface area contributed by atoms with Gasteiger partial charge in [0, 0.05) is 12.7 Å². The topological polar surface area (TPSA) is 56.8 Å². The van der Waals surface area contributed by atoms with Crippen molar-refractivity contribution in [2.24, 2.45) is 5.92 Å². The maximum Gasteiger partial charge on any atom is 0.274 e. The molecule has 0 saturated heterocycles. The number of methoxy groups -OCH3 is 1. The lowest BCUT2D eigenvalue weighted by atomic mass is 10.2. The Morgan fingerprint density at radius 2 is 2.11 bits per heavy atom. The summed E-state index contributed by atoms with van der Waals surface area (Å²) >= 11 is 0. The van der Waals surface area contributed by atoms with Gasteiger partial charge >= 0.3 is 0 Å². The fourth-order valence-electron chi connectivity index (χ4n) is 1.29. The SMILES string of the molecule is COCCONC(=O)c1cccc(OCC(C)C)c1. The van der Waals surface area contributed by atoms with Crippen LogP contribution in [0.5, 0.6) is 5.75 Å². The van der Waals surface area contributed by atoms with Crippen LogP contribution in [0.25, 0.3) is 0 Å². The number of benzene rings is 1. The third-order valence-electron chi connectivity index (χ3n) is 2.23. The van der Waals surface area contributed by atoms with Crippen LogP contribution in [0.1, 0.15) is 24.2 Å². The Hall–Kier alpha value is -1.59. The highest BCUT2D eigenvalue weighted by Crippen LogP contribution is 2.14. The molecule has 1 aromatic rings. The zero-order valence-corrected chi connectivity index (χ0v) is 11.6. The quantitative estimate of drug-likeness (QED) is 0.578. The fraction of sp³-hybridized carbons (Fsp3) is 0.500. The van der Waals surface area contributed by atoms with Crippen LogP contribution in [0, 0.1) is 5.92 Å². The molecule has 0 fully saturated rings. The lowest BCUT2D eigenvalue weighted by Crippen LogP contribution is -2.25. The standard InChI is InChI=1S/C14H21NO4/c1-11(2)10-18-13-6-4-5-12(9-13)14(16)15-19-8-7-17-3/h4-6,9,11H,7-8,10H2,1-3H3,(H,15,16). The van der Waals surface area contributed by atoms with Gasteiger partial charge in [0.1, 0.15) is 5.75 Å². The predicted octanol–water partition coefficient (Wildman–Crippen LogP) is 2.03. The normalized spacial score (nSPS) is 10.5. The van der Waals surface area contributed by atoms with Crippen molar-refractivity contribution in [1.82, 2.24) is 5.48 Å². The van der Waals surface area contributed by atoms with Crippen LogP contribution in [0.2, 0.25) is 0 Å². The van der Waals surface area contributed by atoms with Gasteiger partial charge in [0.05, 0.1) is 19.8 Å². The van der Waals surface area contributed by atoms with Crippen molar-refractivity contribution in [3.05, 3.63) is 29.8 Å². The first-order valence-corrected chi connectivity index (χ1v) is 6.27. The third-order valence-corrected chi connectivity index (χ3v) is 2.23. The summed E-state index contributed by atoms with van der Waals surface area (Å²) in [5.41, 5.74) is 2.85. The number of rotatable bonds is 8. The van der Waals surface area contributed by atoms with Crippen molar-refractivity contribution in [2.75, 3.05) is 26.9 Å². The van der Waals surface area contributed by atoms with Crippen molar-refractivity contribution >= 4 is 5.91 Å². The Bertz CT molecular complexity index is 393.